The summed E-state index contributed by atoms with van der Waals surface area (Å²) in [6.07, 6.45) is 0. The van der Waals surface area contributed by atoms with Crippen LogP contribution in [0.2, 0.25) is 78.6 Å². The average molecular weight is 1010 g/mol. The van der Waals surface area contributed by atoms with Crippen molar-refractivity contribution in [2.75, 3.05) is 0 Å². The van der Waals surface area contributed by atoms with Crippen LogP contribution in [0.4, 0.5) is 32.9 Å². The van der Waals surface area contributed by atoms with Crippen LogP contribution in [0.1, 0.15) is 0 Å². The quantitative estimate of drug-likeness (QED) is 0.0516. The number of rotatable bonds is 12. The van der Waals surface area contributed by atoms with E-state index in [0.29, 0.717) is 31.1 Å². The van der Waals surface area contributed by atoms with E-state index in [9.17, 15) is 0 Å². The first kappa shape index (κ1) is 51.5. The van der Waals surface area contributed by atoms with Crippen LogP contribution in [0.5, 0.6) is 0 Å². The van der Waals surface area contributed by atoms with Gasteiger partial charge in [-0.2, -0.15) is 0 Å². The summed E-state index contributed by atoms with van der Waals surface area (Å²) in [4.78, 5) is 0. The van der Waals surface area contributed by atoms with Gasteiger partial charge in [-0.15, -0.1) is 0 Å². The molecule has 16 heteroatoms. The number of hydrogen-bond acceptors (Lipinski definition) is 0. The van der Waals surface area contributed by atoms with Gasteiger partial charge in [0.2, 0.25) is 0 Å². The minimum Gasteiger partial charge on any atom is -0.308 e. The van der Waals surface area contributed by atoms with Crippen LogP contribution in [0.25, 0.3) is 0 Å². The molecule has 0 fully saturated rings. The summed E-state index contributed by atoms with van der Waals surface area (Å²) in [6.45, 7) is 18.3. The normalized spacial score (nSPS) is 13.3. The fourth-order valence-corrected chi connectivity index (χ4v) is 30.9. The van der Waals surface area contributed by atoms with Crippen LogP contribution in [-0.2, 0) is 0 Å². The SMILES string of the molecule is C[Si](C)(F)c1ccccc1[Si](F)(c1ccccc1[Si](C)(C)F)c1ccccc1[Si](C)(C)F.C[Si](C)(F)c1ccccc1[Si](F)(c1ccccc1[Si](C)(C)F)c1ccccc1[Si](C)(C)F. The lowest BCUT2D eigenvalue weighted by Crippen LogP contribution is -2.77. The molecule has 0 aromatic heterocycles. The molecule has 0 bridgehead atoms. The molecule has 0 N–H and O–H groups in total. The summed E-state index contributed by atoms with van der Waals surface area (Å²) < 4.78 is 129. The van der Waals surface area contributed by atoms with E-state index < -0.39 is 67.3 Å². The van der Waals surface area contributed by atoms with Gasteiger partial charge in [0.25, 0.3) is 50.4 Å². The Hall–Kier alpha value is -3.50. The third kappa shape index (κ3) is 10.7. The molecule has 0 saturated carbocycles. The minimum atomic E-state index is -4.46. The number of benzene rings is 6. The maximum Gasteiger partial charge on any atom is 0.339 e. The highest BCUT2D eigenvalue weighted by Crippen LogP contribution is 2.18. The highest BCUT2D eigenvalue weighted by Gasteiger charge is 2.53. The molecule has 0 unspecified atom stereocenters. The van der Waals surface area contributed by atoms with Crippen molar-refractivity contribution in [3.63, 3.8) is 0 Å². The standard InChI is InChI=1S/2C24H30F4Si4/c2*1-29(2,25)19-13-7-10-16-22(19)32(28,23-17-11-8-14-20(23)30(3,4)26)24-18-12-9-15-21(24)31(5,6)27/h2*7-18H,1-6H3. The first-order valence-electron chi connectivity index (χ1n) is 21.5. The van der Waals surface area contributed by atoms with Crippen LogP contribution in [0.3, 0.4) is 0 Å². The molecule has 0 atom stereocenters. The van der Waals surface area contributed by atoms with Crippen molar-refractivity contribution in [1.82, 2.24) is 0 Å². The second-order valence-electron chi connectivity index (χ2n) is 19.4. The highest BCUT2D eigenvalue weighted by molar-refractivity contribution is 7.15. The highest BCUT2D eigenvalue weighted by atomic mass is 28.4. The van der Waals surface area contributed by atoms with Crippen molar-refractivity contribution >= 4 is 130 Å². The van der Waals surface area contributed by atoms with Crippen molar-refractivity contribution in [3.05, 3.63) is 146 Å². The smallest absolute Gasteiger partial charge is 0.308 e. The van der Waals surface area contributed by atoms with Crippen molar-refractivity contribution in [1.29, 1.82) is 0 Å². The molecule has 0 heterocycles. The predicted octanol–water partition coefficient (Wildman–Crippen LogP) is 7.54. The minimum absolute atomic E-state index is 0.274. The summed E-state index contributed by atoms with van der Waals surface area (Å²) in [6, 6.07) is 40.1. The van der Waals surface area contributed by atoms with Gasteiger partial charge in [0.1, 0.15) is 0 Å². The van der Waals surface area contributed by atoms with Crippen LogP contribution < -0.4 is 62.2 Å². The predicted molar refractivity (Wildman–Crippen MR) is 280 cm³/mol. The topological polar surface area (TPSA) is 0 Å². The molecule has 0 saturated heterocycles. The molecule has 0 aliphatic heterocycles. The lowest BCUT2D eigenvalue weighted by molar-refractivity contribution is 0.815. The number of halogens is 8. The summed E-state index contributed by atoms with van der Waals surface area (Å²) >= 11 is 0. The lowest BCUT2D eigenvalue weighted by atomic mass is 10.3. The van der Waals surface area contributed by atoms with Crippen molar-refractivity contribution in [3.8, 4) is 0 Å². The molecule has 0 aliphatic carbocycles. The molecule has 0 nitrogen and oxygen atoms in total. The Bertz CT molecular complexity index is 2120. The molecule has 0 spiro atoms. The molecule has 0 amide bonds. The van der Waals surface area contributed by atoms with E-state index in [1.54, 1.807) is 146 Å². The van der Waals surface area contributed by atoms with Gasteiger partial charge < -0.3 is 24.6 Å². The molecular weight excluding hydrogens is 953 g/mol. The van der Waals surface area contributed by atoms with Crippen molar-refractivity contribution < 1.29 is 32.9 Å². The van der Waals surface area contributed by atoms with E-state index in [1.807, 2.05) is 0 Å². The molecule has 64 heavy (non-hydrogen) atoms. The fourth-order valence-electron chi connectivity index (χ4n) is 8.68. The molecule has 0 radical (unpaired) electrons. The Morgan fingerprint density at radius 1 is 0.188 bits per heavy atom. The summed E-state index contributed by atoms with van der Waals surface area (Å²) in [5.74, 6) is 0. The maximum atomic E-state index is 18.1. The fraction of sp³-hybridized carbons (Fsp3) is 0.250. The molecule has 6 rings (SSSR count). The van der Waals surface area contributed by atoms with Gasteiger partial charge in [-0.25, -0.2) is 0 Å². The second-order valence-corrected chi connectivity index (χ2v) is 46.2. The van der Waals surface area contributed by atoms with E-state index >= 15 is 32.9 Å². The van der Waals surface area contributed by atoms with Crippen LogP contribution in [0.15, 0.2) is 146 Å². The Kier molecular flexibility index (Phi) is 15.0. The van der Waals surface area contributed by atoms with E-state index in [2.05, 4.69) is 0 Å². The molecule has 6 aromatic rings. The van der Waals surface area contributed by atoms with Gasteiger partial charge in [0.05, 0.1) is 0 Å². The van der Waals surface area contributed by atoms with Gasteiger partial charge >= 0.3 is 16.8 Å². The Morgan fingerprint density at radius 2 is 0.281 bits per heavy atom. The van der Waals surface area contributed by atoms with Crippen LogP contribution in [-0.4, -0.2) is 67.3 Å². The zero-order valence-electron chi connectivity index (χ0n) is 38.9. The van der Waals surface area contributed by atoms with Crippen molar-refractivity contribution in [2.45, 2.75) is 78.6 Å². The van der Waals surface area contributed by atoms with E-state index in [4.69, 9.17) is 0 Å². The summed E-state index contributed by atoms with van der Waals surface area (Å²) in [5.41, 5.74) is 0. The van der Waals surface area contributed by atoms with Gasteiger partial charge in [-0.1, -0.05) is 146 Å². The van der Waals surface area contributed by atoms with Crippen molar-refractivity contribution in [2.24, 2.45) is 0 Å². The lowest BCUT2D eigenvalue weighted by Gasteiger charge is -2.34. The van der Waals surface area contributed by atoms with Gasteiger partial charge in [-0.3, -0.25) is 8.22 Å². The van der Waals surface area contributed by atoms with E-state index in [1.165, 1.54) is 78.6 Å². The largest absolute Gasteiger partial charge is 0.339 e. The average Bonchev–Trinajstić information content (AvgIpc) is 3.21. The Balaban J connectivity index is 0.000000241. The zero-order chi connectivity index (χ0) is 47.9. The molecule has 6 aromatic carbocycles. The molecule has 340 valence electrons. The summed E-state index contributed by atoms with van der Waals surface area (Å²) in [7, 11) is -29.6. The second kappa shape index (κ2) is 18.6. The monoisotopic (exact) mass is 1010 g/mol. The van der Waals surface area contributed by atoms with Gasteiger partial charge in [0.15, 0.2) is 0 Å². The van der Waals surface area contributed by atoms with Gasteiger partial charge in [-0.05, 0) is 141 Å². The zero-order valence-corrected chi connectivity index (χ0v) is 46.9. The first-order valence-corrected chi connectivity index (χ1v) is 42.5. The maximum absolute atomic E-state index is 18.1. The van der Waals surface area contributed by atoms with Gasteiger partial charge in [0, 0.05) is 0 Å². The first-order chi connectivity index (χ1) is 29.4. The van der Waals surface area contributed by atoms with E-state index in [-0.39, 0.29) is 31.1 Å². The molecule has 0 aliphatic rings. The van der Waals surface area contributed by atoms with Crippen LogP contribution in [0, 0.1) is 0 Å². The third-order valence-electron chi connectivity index (χ3n) is 11.6. The van der Waals surface area contributed by atoms with Crippen LogP contribution >= 0.6 is 0 Å². The number of hydrogen-bond donors (Lipinski definition) is 0. The molecular formula is C48H60F8Si8. The Labute approximate surface area is 384 Å². The Morgan fingerprint density at radius 3 is 0.375 bits per heavy atom. The summed E-state index contributed by atoms with van der Waals surface area (Å²) in [5, 5.41) is 3.78. The van der Waals surface area contributed by atoms with E-state index in [0.717, 1.165) is 0 Å². The third-order valence-corrected chi connectivity index (χ3v) is 30.5.